The van der Waals surface area contributed by atoms with Crippen LogP contribution in [0.25, 0.3) is 11.1 Å². The molecule has 1 aliphatic carbocycles. The van der Waals surface area contributed by atoms with Crippen LogP contribution < -0.4 is 21.5 Å². The van der Waals surface area contributed by atoms with Crippen LogP contribution in [-0.4, -0.2) is 37.3 Å². The van der Waals surface area contributed by atoms with E-state index in [9.17, 15) is 19.5 Å². The van der Waals surface area contributed by atoms with Gasteiger partial charge in [-0.15, -0.1) is 0 Å². The highest BCUT2D eigenvalue weighted by molar-refractivity contribution is 5.80. The number of carbonyl (C=O) groups excluding carboxylic acids is 3. The van der Waals surface area contributed by atoms with E-state index in [-0.39, 0.29) is 18.9 Å². The molecule has 0 aliphatic heterocycles. The fourth-order valence-electron chi connectivity index (χ4n) is 3.72. The van der Waals surface area contributed by atoms with E-state index in [1.54, 1.807) is 0 Å². The van der Waals surface area contributed by atoms with Gasteiger partial charge in [0.1, 0.15) is 6.61 Å². The third kappa shape index (κ3) is 5.08. The van der Waals surface area contributed by atoms with Gasteiger partial charge < -0.3 is 31.0 Å². The normalized spacial score (nSPS) is 13.1. The molecule has 0 fully saturated rings. The number of carboxylic acids is 1. The van der Waals surface area contributed by atoms with Crippen molar-refractivity contribution in [2.24, 2.45) is 5.73 Å². The number of ether oxygens (including phenoxy) is 1. The maximum Gasteiger partial charge on any atom is 0.407 e. The Bertz CT molecular complexity index is 885. The highest BCUT2D eigenvalue weighted by Crippen LogP contribution is 2.44. The number of unbranched alkanes of at least 4 members (excludes halogenated alkanes) is 1. The van der Waals surface area contributed by atoms with Crippen LogP contribution in [0.2, 0.25) is 0 Å². The lowest BCUT2D eigenvalue weighted by Gasteiger charge is -2.20. The number of alkyl carbamates (subject to hydrolysis) is 1. The van der Waals surface area contributed by atoms with E-state index >= 15 is 0 Å². The summed E-state index contributed by atoms with van der Waals surface area (Å²) >= 11 is 0. The average molecular weight is 410 g/mol. The Kier molecular flexibility index (Phi) is 6.90. The van der Waals surface area contributed by atoms with Gasteiger partial charge in [0.05, 0.1) is 12.0 Å². The number of hydrogen-bond acceptors (Lipinski definition) is 5. The lowest BCUT2D eigenvalue weighted by atomic mass is 9.98. The first-order valence-electron chi connectivity index (χ1n) is 9.83. The standard InChI is InChI=1S/C22H25N3O5/c23-21(28)24-12-6-5-11-19(20(26)27)25-22(29)30-13-18-16-9-3-1-7-14(16)15-8-2-4-10-17(15)18/h1-4,7-10,18-19H,5-6,11-13H2,(H,25,29)(H,26,27)(H3,23,24,28)/p-1/t19-/m0/s1. The van der Waals surface area contributed by atoms with Crippen molar-refractivity contribution in [3.05, 3.63) is 59.7 Å². The Balaban J connectivity index is 1.54. The van der Waals surface area contributed by atoms with Crippen LogP contribution in [-0.2, 0) is 9.53 Å². The van der Waals surface area contributed by atoms with Crippen molar-refractivity contribution in [3.8, 4) is 11.1 Å². The minimum atomic E-state index is -1.38. The summed E-state index contributed by atoms with van der Waals surface area (Å²) in [6.07, 6.45) is 0.343. The molecule has 0 heterocycles. The molecular weight excluding hydrogens is 386 g/mol. The van der Waals surface area contributed by atoms with Gasteiger partial charge in [-0.1, -0.05) is 48.5 Å². The molecule has 0 unspecified atom stereocenters. The lowest BCUT2D eigenvalue weighted by molar-refractivity contribution is -0.308. The fraction of sp³-hybridized carbons (Fsp3) is 0.318. The zero-order chi connectivity index (χ0) is 21.5. The largest absolute Gasteiger partial charge is 0.548 e. The van der Waals surface area contributed by atoms with Gasteiger partial charge in [0, 0.05) is 12.5 Å². The van der Waals surface area contributed by atoms with Crippen molar-refractivity contribution in [3.63, 3.8) is 0 Å². The second-order valence-corrected chi connectivity index (χ2v) is 7.13. The number of carboxylic acid groups (broad SMARTS) is 1. The minimum absolute atomic E-state index is 0.0994. The summed E-state index contributed by atoms with van der Waals surface area (Å²) in [6, 6.07) is 14.1. The highest BCUT2D eigenvalue weighted by atomic mass is 16.5. The van der Waals surface area contributed by atoms with Crippen LogP contribution in [0, 0.1) is 0 Å². The third-order valence-electron chi connectivity index (χ3n) is 5.14. The van der Waals surface area contributed by atoms with Gasteiger partial charge in [-0.25, -0.2) is 9.59 Å². The first-order valence-corrected chi connectivity index (χ1v) is 9.83. The molecule has 0 saturated heterocycles. The van der Waals surface area contributed by atoms with Gasteiger partial charge >= 0.3 is 12.1 Å². The first-order chi connectivity index (χ1) is 14.5. The summed E-state index contributed by atoms with van der Waals surface area (Å²) in [6.45, 7) is 0.433. The van der Waals surface area contributed by atoms with Crippen molar-refractivity contribution in [1.82, 2.24) is 10.6 Å². The maximum atomic E-state index is 12.2. The molecule has 2 aromatic carbocycles. The molecule has 1 atom stereocenters. The van der Waals surface area contributed by atoms with Gasteiger partial charge in [0.25, 0.3) is 0 Å². The molecule has 30 heavy (non-hydrogen) atoms. The molecule has 158 valence electrons. The van der Waals surface area contributed by atoms with Crippen molar-refractivity contribution in [1.29, 1.82) is 0 Å². The number of nitrogens with one attached hydrogen (secondary N) is 2. The van der Waals surface area contributed by atoms with E-state index in [1.165, 1.54) is 0 Å². The van der Waals surface area contributed by atoms with Crippen molar-refractivity contribution in [2.75, 3.05) is 13.2 Å². The number of fused-ring (bicyclic) bond motifs is 3. The number of primary amides is 1. The molecule has 0 radical (unpaired) electrons. The maximum absolute atomic E-state index is 12.2. The Morgan fingerprint density at radius 2 is 1.60 bits per heavy atom. The van der Waals surface area contributed by atoms with Crippen LogP contribution in [0.3, 0.4) is 0 Å². The average Bonchev–Trinajstić information content (AvgIpc) is 3.04. The monoisotopic (exact) mass is 410 g/mol. The van der Waals surface area contributed by atoms with Crippen LogP contribution in [0.5, 0.6) is 0 Å². The number of urea groups is 1. The van der Waals surface area contributed by atoms with Gasteiger partial charge in [0.15, 0.2) is 0 Å². The predicted octanol–water partition coefficient (Wildman–Crippen LogP) is 1.48. The van der Waals surface area contributed by atoms with Gasteiger partial charge in [-0.2, -0.15) is 0 Å². The number of aliphatic carboxylic acids is 1. The zero-order valence-corrected chi connectivity index (χ0v) is 16.4. The SMILES string of the molecule is NC(=O)NCCCC[C@H](NC(=O)OCC1c2ccccc2-c2ccccc21)C(=O)[O-]. The summed E-state index contributed by atoms with van der Waals surface area (Å²) in [5.41, 5.74) is 9.33. The molecular formula is C22H24N3O5-. The molecule has 2 aromatic rings. The van der Waals surface area contributed by atoms with Crippen LogP contribution >= 0.6 is 0 Å². The molecule has 3 rings (SSSR count). The van der Waals surface area contributed by atoms with E-state index in [0.717, 1.165) is 22.3 Å². The lowest BCUT2D eigenvalue weighted by Crippen LogP contribution is -2.48. The first kappa shape index (κ1) is 21.2. The van der Waals surface area contributed by atoms with Gasteiger partial charge in [0.2, 0.25) is 0 Å². The van der Waals surface area contributed by atoms with E-state index in [4.69, 9.17) is 10.5 Å². The molecule has 0 saturated carbocycles. The summed E-state index contributed by atoms with van der Waals surface area (Å²) in [7, 11) is 0. The Hall–Kier alpha value is -3.55. The summed E-state index contributed by atoms with van der Waals surface area (Å²) in [5, 5.41) is 16.1. The second kappa shape index (κ2) is 9.78. The van der Waals surface area contributed by atoms with E-state index in [0.29, 0.717) is 19.4 Å². The summed E-state index contributed by atoms with van der Waals surface area (Å²) < 4.78 is 5.36. The molecule has 8 heteroatoms. The Morgan fingerprint density at radius 1 is 1.00 bits per heavy atom. The molecule has 0 aromatic heterocycles. The molecule has 8 nitrogen and oxygen atoms in total. The zero-order valence-electron chi connectivity index (χ0n) is 16.4. The quantitative estimate of drug-likeness (QED) is 0.539. The van der Waals surface area contributed by atoms with Crippen molar-refractivity contribution >= 4 is 18.1 Å². The Morgan fingerprint density at radius 3 is 2.17 bits per heavy atom. The van der Waals surface area contributed by atoms with E-state index in [2.05, 4.69) is 10.6 Å². The molecule has 1 aliphatic rings. The van der Waals surface area contributed by atoms with Crippen molar-refractivity contribution in [2.45, 2.75) is 31.2 Å². The number of carbonyl (C=O) groups is 3. The molecule has 0 spiro atoms. The molecule has 4 N–H and O–H groups in total. The molecule has 0 bridgehead atoms. The topological polar surface area (TPSA) is 134 Å². The van der Waals surface area contributed by atoms with Gasteiger partial charge in [-0.05, 0) is 41.5 Å². The van der Waals surface area contributed by atoms with Crippen LogP contribution in [0.1, 0.15) is 36.3 Å². The highest BCUT2D eigenvalue weighted by Gasteiger charge is 2.29. The third-order valence-corrected chi connectivity index (χ3v) is 5.14. The second-order valence-electron chi connectivity index (χ2n) is 7.13. The van der Waals surface area contributed by atoms with Crippen LogP contribution in [0.15, 0.2) is 48.5 Å². The fourth-order valence-corrected chi connectivity index (χ4v) is 3.72. The number of benzene rings is 2. The minimum Gasteiger partial charge on any atom is -0.548 e. The van der Waals surface area contributed by atoms with E-state index in [1.807, 2.05) is 48.5 Å². The van der Waals surface area contributed by atoms with E-state index < -0.39 is 24.1 Å². The smallest absolute Gasteiger partial charge is 0.407 e. The Labute approximate surface area is 174 Å². The number of amides is 3. The van der Waals surface area contributed by atoms with Gasteiger partial charge in [-0.3, -0.25) is 0 Å². The molecule has 3 amide bonds. The van der Waals surface area contributed by atoms with Crippen LogP contribution in [0.4, 0.5) is 9.59 Å². The summed E-state index contributed by atoms with van der Waals surface area (Å²) in [4.78, 5) is 34.2. The number of rotatable bonds is 9. The number of nitrogens with two attached hydrogens (primary N) is 1. The summed E-state index contributed by atoms with van der Waals surface area (Å²) in [5.74, 6) is -1.49. The predicted molar refractivity (Wildman–Crippen MR) is 108 cm³/mol. The number of hydrogen-bond donors (Lipinski definition) is 3. The van der Waals surface area contributed by atoms with Crippen molar-refractivity contribution < 1.29 is 24.2 Å².